The Morgan fingerprint density at radius 1 is 1.35 bits per heavy atom. The Hall–Kier alpha value is -2.01. The smallest absolute Gasteiger partial charge is 0.354 e. The highest BCUT2D eigenvalue weighted by molar-refractivity contribution is 6.36. The van der Waals surface area contributed by atoms with Crippen molar-refractivity contribution in [2.24, 2.45) is 0 Å². The molecule has 0 unspecified atom stereocenters. The summed E-state index contributed by atoms with van der Waals surface area (Å²) in [7, 11) is 1.51. The third-order valence-electron chi connectivity index (χ3n) is 4.11. The zero-order chi connectivity index (χ0) is 16.6. The third-order valence-corrected chi connectivity index (χ3v) is 4.43. The number of ether oxygens (including phenoxy) is 2. The second-order valence-electron chi connectivity index (χ2n) is 5.48. The molecule has 122 valence electrons. The predicted molar refractivity (Wildman–Crippen MR) is 87.6 cm³/mol. The van der Waals surface area contributed by atoms with Crippen molar-refractivity contribution >= 4 is 34.3 Å². The van der Waals surface area contributed by atoms with E-state index in [9.17, 15) is 9.59 Å². The van der Waals surface area contributed by atoms with Gasteiger partial charge < -0.3 is 14.0 Å². The third kappa shape index (κ3) is 2.59. The van der Waals surface area contributed by atoms with E-state index in [1.54, 1.807) is 19.1 Å². The van der Waals surface area contributed by atoms with Gasteiger partial charge in [-0.3, -0.25) is 4.79 Å². The van der Waals surface area contributed by atoms with E-state index >= 15 is 0 Å². The molecule has 6 heteroatoms. The summed E-state index contributed by atoms with van der Waals surface area (Å²) < 4.78 is 12.3. The second kappa shape index (κ2) is 6.24. The van der Waals surface area contributed by atoms with Crippen molar-refractivity contribution in [1.29, 1.82) is 0 Å². The maximum Gasteiger partial charge on any atom is 0.354 e. The molecule has 0 aliphatic carbocycles. The van der Waals surface area contributed by atoms with Crippen LogP contribution in [0.3, 0.4) is 0 Å². The molecule has 2 aromatic rings. The van der Waals surface area contributed by atoms with Crippen LogP contribution in [0.4, 0.5) is 0 Å². The molecule has 0 spiro atoms. The van der Waals surface area contributed by atoms with E-state index in [0.29, 0.717) is 52.5 Å². The monoisotopic (exact) mass is 335 g/mol. The largest absolute Gasteiger partial charge is 0.496 e. The molecule has 0 atom stereocenters. The van der Waals surface area contributed by atoms with E-state index in [1.165, 1.54) is 7.11 Å². The van der Waals surface area contributed by atoms with Gasteiger partial charge in [0.25, 0.3) is 0 Å². The minimum Gasteiger partial charge on any atom is -0.496 e. The zero-order valence-corrected chi connectivity index (χ0v) is 13.9. The Balaban J connectivity index is 2.37. The second-order valence-corrected chi connectivity index (χ2v) is 5.89. The van der Waals surface area contributed by atoms with Crippen molar-refractivity contribution < 1.29 is 19.1 Å². The summed E-state index contributed by atoms with van der Waals surface area (Å²) >= 11 is 6.35. The van der Waals surface area contributed by atoms with Crippen molar-refractivity contribution in [2.45, 2.75) is 32.7 Å². The number of nitrogens with zero attached hydrogens (tertiary/aromatic N) is 1. The van der Waals surface area contributed by atoms with Gasteiger partial charge in [0.1, 0.15) is 11.4 Å². The van der Waals surface area contributed by atoms with Crippen molar-refractivity contribution in [3.8, 4) is 5.75 Å². The number of aryl methyl sites for hydroxylation is 1. The molecule has 0 N–H and O–H groups in total. The van der Waals surface area contributed by atoms with E-state index in [-0.39, 0.29) is 5.78 Å². The first-order valence-electron chi connectivity index (χ1n) is 7.68. The van der Waals surface area contributed by atoms with Gasteiger partial charge in [-0.25, -0.2) is 4.79 Å². The van der Waals surface area contributed by atoms with Crippen LogP contribution in [0, 0.1) is 0 Å². The Bertz CT molecular complexity index is 794. The van der Waals surface area contributed by atoms with Crippen LogP contribution >= 0.6 is 11.6 Å². The molecule has 1 aliphatic rings. The van der Waals surface area contributed by atoms with Crippen molar-refractivity contribution in [2.75, 3.05) is 13.7 Å². The summed E-state index contributed by atoms with van der Waals surface area (Å²) in [6.07, 6.45) is 2.05. The lowest BCUT2D eigenvalue weighted by Gasteiger charge is -2.17. The van der Waals surface area contributed by atoms with E-state index in [1.807, 2.05) is 4.57 Å². The summed E-state index contributed by atoms with van der Waals surface area (Å²) in [4.78, 5) is 24.9. The number of carbonyl (C=O) groups is 2. The molecule has 1 aromatic carbocycles. The molecule has 0 radical (unpaired) electrons. The molecule has 0 bridgehead atoms. The van der Waals surface area contributed by atoms with Gasteiger partial charge >= 0.3 is 5.97 Å². The molecule has 2 heterocycles. The van der Waals surface area contributed by atoms with Gasteiger partial charge in [0, 0.05) is 24.4 Å². The van der Waals surface area contributed by atoms with Gasteiger partial charge in [0.05, 0.1) is 29.8 Å². The Morgan fingerprint density at radius 2 is 2.13 bits per heavy atom. The van der Waals surface area contributed by atoms with Gasteiger partial charge in [-0.1, -0.05) is 11.6 Å². The molecule has 0 fully saturated rings. The van der Waals surface area contributed by atoms with Crippen LogP contribution in [-0.4, -0.2) is 30.0 Å². The molecule has 0 amide bonds. The lowest BCUT2D eigenvalue weighted by Crippen LogP contribution is -2.16. The maximum atomic E-state index is 12.6. The van der Waals surface area contributed by atoms with E-state index in [2.05, 4.69) is 0 Å². The molecule has 0 saturated carbocycles. The first kappa shape index (κ1) is 15.9. The standard InChI is InChI=1S/C17H18ClNO4/c1-3-23-17(21)12-8-10-11(18)9-14(22-2)15-13(20)6-4-5-7-19(12)16(10)15/h8-9H,3-7H2,1-2H3. The van der Waals surface area contributed by atoms with Gasteiger partial charge in [-0.05, 0) is 25.8 Å². The van der Waals surface area contributed by atoms with Crippen LogP contribution < -0.4 is 4.74 Å². The number of methoxy groups -OCH3 is 1. The summed E-state index contributed by atoms with van der Waals surface area (Å²) in [5, 5.41) is 1.14. The fraction of sp³-hybridized carbons (Fsp3) is 0.412. The number of aromatic nitrogens is 1. The predicted octanol–water partition coefficient (Wildman–Crippen LogP) is 3.85. The highest BCUT2D eigenvalue weighted by atomic mass is 35.5. The maximum absolute atomic E-state index is 12.6. The van der Waals surface area contributed by atoms with Crippen LogP contribution in [-0.2, 0) is 11.3 Å². The SMILES string of the molecule is CCOC(=O)c1cc2c(Cl)cc(OC)c3c2n1CCCCC3=O. The first-order chi connectivity index (χ1) is 11.1. The van der Waals surface area contributed by atoms with E-state index in [4.69, 9.17) is 21.1 Å². The Morgan fingerprint density at radius 3 is 2.83 bits per heavy atom. The number of hydrogen-bond donors (Lipinski definition) is 0. The Labute approximate surface area is 139 Å². The van der Waals surface area contributed by atoms with Crippen molar-refractivity contribution in [3.63, 3.8) is 0 Å². The minimum atomic E-state index is -0.405. The quantitative estimate of drug-likeness (QED) is 0.799. The molecule has 1 aliphatic heterocycles. The van der Waals surface area contributed by atoms with Crippen LogP contribution in [0.5, 0.6) is 5.75 Å². The highest BCUT2D eigenvalue weighted by Gasteiger charge is 2.27. The number of carbonyl (C=O) groups excluding carboxylic acids is 2. The van der Waals surface area contributed by atoms with E-state index in [0.717, 1.165) is 12.8 Å². The Kier molecular flexibility index (Phi) is 4.31. The molecule has 1 aromatic heterocycles. The number of halogens is 1. The first-order valence-corrected chi connectivity index (χ1v) is 8.06. The zero-order valence-electron chi connectivity index (χ0n) is 13.1. The molecule has 0 saturated heterocycles. The number of rotatable bonds is 3. The topological polar surface area (TPSA) is 57.5 Å². The van der Waals surface area contributed by atoms with Crippen LogP contribution in [0.1, 0.15) is 47.0 Å². The average molecular weight is 336 g/mol. The molecular formula is C17H18ClNO4. The van der Waals surface area contributed by atoms with Crippen LogP contribution in [0.15, 0.2) is 12.1 Å². The molecule has 5 nitrogen and oxygen atoms in total. The molecule has 3 rings (SSSR count). The number of benzene rings is 1. The normalized spacial score (nSPS) is 14.5. The molecule has 23 heavy (non-hydrogen) atoms. The van der Waals surface area contributed by atoms with Gasteiger partial charge in [-0.2, -0.15) is 0 Å². The number of ketones is 1. The van der Waals surface area contributed by atoms with Crippen LogP contribution in [0.2, 0.25) is 5.02 Å². The number of hydrogen-bond acceptors (Lipinski definition) is 4. The van der Waals surface area contributed by atoms with Crippen LogP contribution in [0.25, 0.3) is 10.9 Å². The van der Waals surface area contributed by atoms with E-state index < -0.39 is 5.97 Å². The van der Waals surface area contributed by atoms with Gasteiger partial charge in [-0.15, -0.1) is 0 Å². The fourth-order valence-corrected chi connectivity index (χ4v) is 3.34. The summed E-state index contributed by atoms with van der Waals surface area (Å²) in [5.74, 6) is 0.0554. The summed E-state index contributed by atoms with van der Waals surface area (Å²) in [6.45, 7) is 2.70. The van der Waals surface area contributed by atoms with Crippen molar-refractivity contribution in [1.82, 2.24) is 4.57 Å². The number of esters is 1. The lowest BCUT2D eigenvalue weighted by molar-refractivity contribution is 0.0513. The summed E-state index contributed by atoms with van der Waals surface area (Å²) in [6, 6.07) is 3.34. The minimum absolute atomic E-state index is 0.0120. The number of Topliss-reactive ketones (excluding diaryl/α,β-unsaturated/α-hetero) is 1. The van der Waals surface area contributed by atoms with Crippen molar-refractivity contribution in [3.05, 3.63) is 28.4 Å². The van der Waals surface area contributed by atoms with Gasteiger partial charge in [0.15, 0.2) is 5.78 Å². The fourth-order valence-electron chi connectivity index (χ4n) is 3.10. The average Bonchev–Trinajstić information content (AvgIpc) is 2.89. The van der Waals surface area contributed by atoms with Gasteiger partial charge in [0.2, 0.25) is 0 Å². The highest BCUT2D eigenvalue weighted by Crippen LogP contribution is 2.38. The molecular weight excluding hydrogens is 318 g/mol. The summed E-state index contributed by atoms with van der Waals surface area (Å²) in [5.41, 5.74) is 1.59. The lowest BCUT2D eigenvalue weighted by atomic mass is 10.00.